The Balaban J connectivity index is 1.63. The Kier molecular flexibility index (Phi) is 3.59. The minimum Gasteiger partial charge on any atom is -0.303 e. The van der Waals surface area contributed by atoms with Crippen molar-refractivity contribution in [1.29, 1.82) is 0 Å². The number of imidazole rings is 1. The molecule has 1 aliphatic heterocycles. The van der Waals surface area contributed by atoms with Crippen molar-refractivity contribution < 1.29 is 7.31 Å². The van der Waals surface area contributed by atoms with Crippen molar-refractivity contribution in [3.63, 3.8) is 0 Å². The lowest BCUT2D eigenvalue weighted by Gasteiger charge is -2.21. The van der Waals surface area contributed by atoms with Gasteiger partial charge in [0.2, 0.25) is 5.69 Å². The van der Waals surface area contributed by atoms with Crippen molar-refractivity contribution in [2.75, 3.05) is 0 Å². The summed E-state index contributed by atoms with van der Waals surface area (Å²) < 4.78 is 22.1. The maximum Gasteiger partial charge on any atom is 0.213 e. The van der Waals surface area contributed by atoms with Crippen molar-refractivity contribution in [3.05, 3.63) is 65.4 Å². The van der Waals surface area contributed by atoms with E-state index >= 15 is 0 Å². The lowest BCUT2D eigenvalue weighted by atomic mass is 9.84. The first-order valence-corrected chi connectivity index (χ1v) is 10.1. The van der Waals surface area contributed by atoms with Gasteiger partial charge in [0.25, 0.3) is 0 Å². The quantitative estimate of drug-likeness (QED) is 0.485. The Morgan fingerprint density at radius 3 is 2.93 bits per heavy atom. The fourth-order valence-electron chi connectivity index (χ4n) is 4.75. The molecule has 3 aromatic rings. The fourth-order valence-corrected chi connectivity index (χ4v) is 4.75. The highest BCUT2D eigenvalue weighted by Gasteiger charge is 2.27. The van der Waals surface area contributed by atoms with E-state index in [1.165, 1.54) is 28.8 Å². The average Bonchev–Trinajstić information content (AvgIpc) is 3.30. The molecule has 1 fully saturated rings. The van der Waals surface area contributed by atoms with E-state index in [1.54, 1.807) is 0 Å². The number of nitrogens with zero attached hydrogens (tertiary/aromatic N) is 3. The van der Waals surface area contributed by atoms with Crippen LogP contribution in [0, 0.1) is 12.8 Å². The van der Waals surface area contributed by atoms with Crippen molar-refractivity contribution in [3.8, 4) is 16.9 Å². The molecular formula is C24H28N3+. The van der Waals surface area contributed by atoms with Crippen LogP contribution < -0.4 is 4.57 Å². The Morgan fingerprint density at radius 2 is 2.07 bits per heavy atom. The molecule has 0 amide bonds. The van der Waals surface area contributed by atoms with Crippen LogP contribution in [0.5, 0.6) is 0 Å². The molecule has 0 spiro atoms. The van der Waals surface area contributed by atoms with Crippen LogP contribution in [0.25, 0.3) is 16.9 Å². The van der Waals surface area contributed by atoms with Gasteiger partial charge in [-0.25, -0.2) is 9.55 Å². The van der Waals surface area contributed by atoms with E-state index < -0.39 is 6.37 Å². The molecule has 0 unspecified atom stereocenters. The molecule has 0 radical (unpaired) electrons. The molecule has 1 aromatic carbocycles. The minimum atomic E-state index is -1.29. The second kappa shape index (κ2) is 6.63. The standard InChI is InChI=1S/C24H28N3/c1-17-8-9-21-20(16-23-25-11-13-27(21)23)24(17)22-15-19(10-12-26(22)2)14-18-6-4-3-5-7-18/h8-13,15,18H,3-7,14,16H2,1-2H3/q+1/i14D2. The molecule has 3 heterocycles. The summed E-state index contributed by atoms with van der Waals surface area (Å²) in [6.45, 7) is 2.15. The molecule has 0 bridgehead atoms. The maximum absolute atomic E-state index is 8.92. The van der Waals surface area contributed by atoms with E-state index in [0.29, 0.717) is 0 Å². The van der Waals surface area contributed by atoms with Crippen LogP contribution in [0.15, 0.2) is 42.9 Å². The molecule has 138 valence electrons. The zero-order valence-electron chi connectivity index (χ0n) is 18.2. The second-order valence-electron chi connectivity index (χ2n) is 8.04. The van der Waals surface area contributed by atoms with Crippen LogP contribution in [0.3, 0.4) is 0 Å². The van der Waals surface area contributed by atoms with Gasteiger partial charge in [-0.05, 0) is 42.0 Å². The van der Waals surface area contributed by atoms with Gasteiger partial charge in [-0.15, -0.1) is 0 Å². The largest absolute Gasteiger partial charge is 0.303 e. The summed E-state index contributed by atoms with van der Waals surface area (Å²) >= 11 is 0. The Labute approximate surface area is 164 Å². The predicted molar refractivity (Wildman–Crippen MR) is 108 cm³/mol. The van der Waals surface area contributed by atoms with Gasteiger partial charge in [-0.2, -0.15) is 0 Å². The topological polar surface area (TPSA) is 21.7 Å². The highest BCUT2D eigenvalue weighted by atomic mass is 15.1. The molecule has 2 aliphatic rings. The molecule has 0 N–H and O–H groups in total. The minimum absolute atomic E-state index is 0.115. The molecule has 27 heavy (non-hydrogen) atoms. The predicted octanol–water partition coefficient (Wildman–Crippen LogP) is 4.70. The third-order valence-corrected chi connectivity index (χ3v) is 6.19. The third-order valence-electron chi connectivity index (χ3n) is 6.19. The van der Waals surface area contributed by atoms with Crippen molar-refractivity contribution in [2.24, 2.45) is 13.0 Å². The number of pyridine rings is 1. The fraction of sp³-hybridized carbons (Fsp3) is 0.417. The first-order chi connectivity index (χ1) is 14.0. The van der Waals surface area contributed by atoms with E-state index in [1.807, 2.05) is 24.7 Å². The first-order valence-electron chi connectivity index (χ1n) is 11.1. The van der Waals surface area contributed by atoms with E-state index in [9.17, 15) is 0 Å². The van der Waals surface area contributed by atoms with Gasteiger partial charge in [0.05, 0.1) is 11.3 Å². The van der Waals surface area contributed by atoms with Crippen molar-refractivity contribution >= 4 is 0 Å². The van der Waals surface area contributed by atoms with Crippen LogP contribution >= 0.6 is 0 Å². The van der Waals surface area contributed by atoms with E-state index in [-0.39, 0.29) is 5.92 Å². The number of benzene rings is 1. The van der Waals surface area contributed by atoms with E-state index in [0.717, 1.165) is 49.2 Å². The average molecular weight is 361 g/mol. The lowest BCUT2D eigenvalue weighted by molar-refractivity contribution is -0.660. The Hall–Kier alpha value is -2.42. The van der Waals surface area contributed by atoms with E-state index in [4.69, 9.17) is 2.74 Å². The number of fused-ring (bicyclic) bond motifs is 3. The van der Waals surface area contributed by atoms with Gasteiger partial charge in [-0.3, -0.25) is 0 Å². The number of hydrogen-bond acceptors (Lipinski definition) is 1. The highest BCUT2D eigenvalue weighted by Crippen LogP contribution is 2.36. The van der Waals surface area contributed by atoms with Gasteiger partial charge in [0, 0.05) is 33.7 Å². The van der Waals surface area contributed by atoms with Crippen LogP contribution in [0.4, 0.5) is 0 Å². The smallest absolute Gasteiger partial charge is 0.213 e. The summed E-state index contributed by atoms with van der Waals surface area (Å²) in [4.78, 5) is 4.51. The van der Waals surface area contributed by atoms with Crippen LogP contribution in [0.2, 0.25) is 0 Å². The molecule has 1 saturated carbocycles. The lowest BCUT2D eigenvalue weighted by Crippen LogP contribution is -2.31. The Bertz CT molecular complexity index is 1080. The van der Waals surface area contributed by atoms with Gasteiger partial charge < -0.3 is 4.57 Å². The summed E-state index contributed by atoms with van der Waals surface area (Å²) in [5.74, 6) is 1.19. The SMILES string of the molecule is [2H]C([2H])(c1cc[n+](C)c(-c2c(C)ccc3c2Cc2nccn2-3)c1)C1CCCCC1. The van der Waals surface area contributed by atoms with Crippen molar-refractivity contribution in [2.45, 2.75) is 51.8 Å². The summed E-state index contributed by atoms with van der Waals surface area (Å²) in [7, 11) is 2.06. The molecule has 5 rings (SSSR count). The summed E-state index contributed by atoms with van der Waals surface area (Å²) in [5.41, 5.74) is 6.82. The van der Waals surface area contributed by atoms with Gasteiger partial charge >= 0.3 is 0 Å². The second-order valence-corrected chi connectivity index (χ2v) is 8.04. The normalized spacial score (nSPS) is 18.0. The van der Waals surface area contributed by atoms with E-state index in [2.05, 4.69) is 46.3 Å². The molecule has 0 atom stereocenters. The summed E-state index contributed by atoms with van der Waals surface area (Å²) in [6, 6.07) is 8.42. The highest BCUT2D eigenvalue weighted by molar-refractivity contribution is 5.73. The third kappa shape index (κ3) is 2.90. The molecular weight excluding hydrogens is 330 g/mol. The van der Waals surface area contributed by atoms with Gasteiger partial charge in [0.15, 0.2) is 6.20 Å². The molecule has 1 aliphatic carbocycles. The molecule has 2 aromatic heterocycles. The van der Waals surface area contributed by atoms with Crippen LogP contribution in [-0.2, 0) is 19.8 Å². The maximum atomic E-state index is 8.92. The number of rotatable bonds is 3. The molecule has 0 saturated heterocycles. The van der Waals surface area contributed by atoms with Gasteiger partial charge in [0.1, 0.15) is 12.9 Å². The van der Waals surface area contributed by atoms with Crippen molar-refractivity contribution in [1.82, 2.24) is 9.55 Å². The number of hydrogen-bond donors (Lipinski definition) is 0. The van der Waals surface area contributed by atoms with Crippen LogP contribution in [-0.4, -0.2) is 9.55 Å². The zero-order valence-corrected chi connectivity index (χ0v) is 16.2. The molecule has 3 heteroatoms. The first kappa shape index (κ1) is 14.6. The number of aromatic nitrogens is 3. The zero-order chi connectivity index (χ0) is 20.2. The van der Waals surface area contributed by atoms with Gasteiger partial charge in [-0.1, -0.05) is 38.2 Å². The monoisotopic (exact) mass is 360 g/mol. The summed E-state index contributed by atoms with van der Waals surface area (Å²) in [5, 5.41) is 0. The summed E-state index contributed by atoms with van der Waals surface area (Å²) in [6.07, 6.45) is 11.0. The van der Waals surface area contributed by atoms with Crippen LogP contribution in [0.1, 0.15) is 57.4 Å². The number of aryl methyl sites for hydroxylation is 2. The Morgan fingerprint density at radius 1 is 1.22 bits per heavy atom. The molecule has 3 nitrogen and oxygen atoms in total.